The van der Waals surface area contributed by atoms with Crippen molar-refractivity contribution in [3.05, 3.63) is 21.3 Å². The second-order valence-electron chi connectivity index (χ2n) is 3.05. The number of hydrogen-bond donors (Lipinski definition) is 1. The molecule has 86 valence electrons. The van der Waals surface area contributed by atoms with Crippen molar-refractivity contribution in [1.82, 2.24) is 0 Å². The molecule has 3 nitrogen and oxygen atoms in total. The Balaban J connectivity index is 2.16. The number of ether oxygens (including phenoxy) is 2. The molecule has 1 atom stereocenters. The molecule has 1 heterocycles. The number of aliphatic hydroxyl groups excluding tert-OH is 1. The number of hydrogen-bond acceptors (Lipinski definition) is 4. The van der Waals surface area contributed by atoms with Crippen molar-refractivity contribution < 1.29 is 14.6 Å². The normalized spacial score (nSPS) is 13.0. The summed E-state index contributed by atoms with van der Waals surface area (Å²) in [5, 5.41) is 9.73. The third-order valence-corrected chi connectivity index (χ3v) is 3.22. The van der Waals surface area contributed by atoms with Gasteiger partial charge < -0.3 is 14.6 Å². The van der Waals surface area contributed by atoms with Gasteiger partial charge in [-0.3, -0.25) is 0 Å². The first-order valence-corrected chi connectivity index (χ1v) is 5.93. The largest absolute Gasteiger partial charge is 0.387 e. The van der Waals surface area contributed by atoms with Gasteiger partial charge in [0.1, 0.15) is 0 Å². The van der Waals surface area contributed by atoms with E-state index in [4.69, 9.17) is 21.1 Å². The van der Waals surface area contributed by atoms with E-state index < -0.39 is 6.10 Å². The van der Waals surface area contributed by atoms with Crippen LogP contribution < -0.4 is 0 Å². The van der Waals surface area contributed by atoms with Gasteiger partial charge in [0.2, 0.25) is 0 Å². The molecule has 0 aromatic carbocycles. The fourth-order valence-corrected chi connectivity index (χ4v) is 2.17. The highest BCUT2D eigenvalue weighted by Gasteiger charge is 2.09. The average Bonchev–Trinajstić information content (AvgIpc) is 2.64. The van der Waals surface area contributed by atoms with E-state index >= 15 is 0 Å². The minimum absolute atomic E-state index is 0.481. The molecule has 1 N–H and O–H groups in total. The molecule has 1 rings (SSSR count). The second-order valence-corrected chi connectivity index (χ2v) is 4.80. The molecule has 1 aromatic heterocycles. The van der Waals surface area contributed by atoms with E-state index in [-0.39, 0.29) is 0 Å². The smallest absolute Gasteiger partial charge is 0.0932 e. The fourth-order valence-electron chi connectivity index (χ4n) is 1.09. The lowest BCUT2D eigenvalue weighted by molar-refractivity contribution is 0.0482. The van der Waals surface area contributed by atoms with Crippen LogP contribution in [-0.2, 0) is 9.47 Å². The van der Waals surface area contributed by atoms with Crippen LogP contribution in [0, 0.1) is 0 Å². The molecule has 0 radical (unpaired) electrons. The van der Waals surface area contributed by atoms with Crippen molar-refractivity contribution in [2.75, 3.05) is 26.9 Å². The Morgan fingerprint density at radius 1 is 1.40 bits per heavy atom. The van der Waals surface area contributed by atoms with Gasteiger partial charge in [-0.15, -0.1) is 11.3 Å². The van der Waals surface area contributed by atoms with Gasteiger partial charge in [0.15, 0.2) is 0 Å². The minimum Gasteiger partial charge on any atom is -0.387 e. The van der Waals surface area contributed by atoms with Crippen molar-refractivity contribution in [3.63, 3.8) is 0 Å². The summed E-state index contributed by atoms with van der Waals surface area (Å²) >= 11 is 7.17. The molecule has 1 unspecified atom stereocenters. The highest BCUT2D eigenvalue weighted by Crippen LogP contribution is 2.28. The number of halogens is 1. The Hall–Kier alpha value is -0.130. The van der Waals surface area contributed by atoms with Crippen molar-refractivity contribution in [2.24, 2.45) is 0 Å². The summed E-state index contributed by atoms with van der Waals surface area (Å²) in [7, 11) is 1.63. The maximum absolute atomic E-state index is 9.73. The Morgan fingerprint density at radius 3 is 2.80 bits per heavy atom. The predicted octanol–water partition coefficient (Wildman–Crippen LogP) is 2.49. The van der Waals surface area contributed by atoms with Crippen LogP contribution in [0.2, 0.25) is 4.34 Å². The number of thiophene rings is 1. The van der Waals surface area contributed by atoms with E-state index in [2.05, 4.69) is 0 Å². The first kappa shape index (κ1) is 12.9. The van der Waals surface area contributed by atoms with E-state index in [1.54, 1.807) is 13.2 Å². The van der Waals surface area contributed by atoms with E-state index in [1.165, 1.54) is 11.3 Å². The lowest BCUT2D eigenvalue weighted by Crippen LogP contribution is -2.06. The first-order chi connectivity index (χ1) is 7.24. The average molecular weight is 251 g/mol. The summed E-state index contributed by atoms with van der Waals surface area (Å²) in [6.07, 6.45) is 0.102. The lowest BCUT2D eigenvalue weighted by Gasteiger charge is -2.08. The second kappa shape index (κ2) is 7.19. The molecule has 0 aliphatic rings. The first-order valence-electron chi connectivity index (χ1n) is 4.74. The van der Waals surface area contributed by atoms with Crippen LogP contribution in [0.5, 0.6) is 0 Å². The summed E-state index contributed by atoms with van der Waals surface area (Å²) in [6.45, 7) is 1.68. The van der Waals surface area contributed by atoms with Crippen LogP contribution in [0.4, 0.5) is 0 Å². The molecule has 0 saturated heterocycles. The summed E-state index contributed by atoms with van der Waals surface area (Å²) in [5.74, 6) is 0. The highest BCUT2D eigenvalue weighted by atomic mass is 35.5. The zero-order chi connectivity index (χ0) is 11.1. The molecular weight excluding hydrogens is 236 g/mol. The monoisotopic (exact) mass is 250 g/mol. The third kappa shape index (κ3) is 4.95. The molecule has 0 amide bonds. The molecule has 0 bridgehead atoms. The van der Waals surface area contributed by atoms with E-state index in [9.17, 15) is 5.11 Å². The van der Waals surface area contributed by atoms with Crippen molar-refractivity contribution in [3.8, 4) is 0 Å². The van der Waals surface area contributed by atoms with Gasteiger partial charge in [0, 0.05) is 25.0 Å². The molecular formula is C10H15ClO3S. The fraction of sp³-hybridized carbons (Fsp3) is 0.600. The zero-order valence-corrected chi connectivity index (χ0v) is 10.2. The molecule has 0 saturated carbocycles. The van der Waals surface area contributed by atoms with Crippen molar-refractivity contribution >= 4 is 22.9 Å². The molecule has 15 heavy (non-hydrogen) atoms. The molecule has 1 aromatic rings. The van der Waals surface area contributed by atoms with Crippen LogP contribution in [0.3, 0.4) is 0 Å². The minimum atomic E-state index is -0.481. The van der Waals surface area contributed by atoms with E-state index in [0.717, 1.165) is 4.88 Å². The Labute approximate surface area is 98.6 Å². The highest BCUT2D eigenvalue weighted by molar-refractivity contribution is 7.16. The summed E-state index contributed by atoms with van der Waals surface area (Å²) < 4.78 is 10.8. The summed E-state index contributed by atoms with van der Waals surface area (Å²) in [5.41, 5.74) is 0. The molecule has 0 fully saturated rings. The quantitative estimate of drug-likeness (QED) is 0.756. The van der Waals surface area contributed by atoms with Gasteiger partial charge >= 0.3 is 0 Å². The van der Waals surface area contributed by atoms with Crippen LogP contribution in [0.1, 0.15) is 17.4 Å². The molecule has 0 aliphatic carbocycles. The van der Waals surface area contributed by atoms with Gasteiger partial charge in [-0.25, -0.2) is 0 Å². The Kier molecular flexibility index (Phi) is 6.20. The van der Waals surface area contributed by atoms with E-state index in [1.807, 2.05) is 6.07 Å². The summed E-state index contributed by atoms with van der Waals surface area (Å²) in [4.78, 5) is 0.885. The van der Waals surface area contributed by atoms with Gasteiger partial charge in [-0.1, -0.05) is 11.6 Å². The van der Waals surface area contributed by atoms with Gasteiger partial charge in [0.25, 0.3) is 0 Å². The molecule has 5 heteroatoms. The van der Waals surface area contributed by atoms with Crippen molar-refractivity contribution in [2.45, 2.75) is 12.5 Å². The third-order valence-electron chi connectivity index (χ3n) is 1.89. The lowest BCUT2D eigenvalue weighted by atomic mass is 10.2. The van der Waals surface area contributed by atoms with E-state index in [0.29, 0.717) is 30.6 Å². The number of rotatable bonds is 7. The zero-order valence-electron chi connectivity index (χ0n) is 8.61. The number of methoxy groups -OCH3 is 1. The maximum atomic E-state index is 9.73. The Morgan fingerprint density at radius 2 is 2.20 bits per heavy atom. The maximum Gasteiger partial charge on any atom is 0.0932 e. The SMILES string of the molecule is COCCOCCC(O)c1ccc(Cl)s1. The van der Waals surface area contributed by atoms with Gasteiger partial charge in [-0.2, -0.15) is 0 Å². The summed E-state index contributed by atoms with van der Waals surface area (Å²) in [6, 6.07) is 3.63. The Bertz CT molecular complexity index is 277. The molecule has 0 aliphatic heterocycles. The molecule has 0 spiro atoms. The van der Waals surface area contributed by atoms with Crippen LogP contribution in [-0.4, -0.2) is 32.0 Å². The van der Waals surface area contributed by atoms with Crippen LogP contribution in [0.25, 0.3) is 0 Å². The van der Waals surface area contributed by atoms with Crippen LogP contribution >= 0.6 is 22.9 Å². The topological polar surface area (TPSA) is 38.7 Å². The van der Waals surface area contributed by atoms with Gasteiger partial charge in [0.05, 0.1) is 23.7 Å². The van der Waals surface area contributed by atoms with Crippen LogP contribution in [0.15, 0.2) is 12.1 Å². The standard InChI is InChI=1S/C10H15ClO3S/c1-13-6-7-14-5-4-8(12)9-2-3-10(11)15-9/h2-3,8,12H,4-7H2,1H3. The predicted molar refractivity (Wildman–Crippen MR) is 61.6 cm³/mol. The van der Waals surface area contributed by atoms with Gasteiger partial charge in [-0.05, 0) is 12.1 Å². The number of aliphatic hydroxyl groups is 1. The van der Waals surface area contributed by atoms with Crippen molar-refractivity contribution in [1.29, 1.82) is 0 Å².